The van der Waals surface area contributed by atoms with Gasteiger partial charge in [0.2, 0.25) is 5.52 Å². The lowest BCUT2D eigenvalue weighted by Gasteiger charge is -2.62. The molecule has 0 aliphatic heterocycles. The topological polar surface area (TPSA) is 283 Å². The van der Waals surface area contributed by atoms with Crippen LogP contribution in [0, 0.1) is 179 Å². The van der Waals surface area contributed by atoms with Gasteiger partial charge in [-0.25, -0.2) is 4.98 Å². The second-order valence-electron chi connectivity index (χ2n) is 46.7. The maximum Gasteiger partial charge on any atom is 0.227 e. The molecule has 3 aromatic heterocycles. The summed E-state index contributed by atoms with van der Waals surface area (Å²) in [5, 5.41) is 78.8. The van der Waals surface area contributed by atoms with Gasteiger partial charge in [0.25, 0.3) is 0 Å². The fourth-order valence-electron chi connectivity index (χ4n) is 34.8. The van der Waals surface area contributed by atoms with Crippen molar-refractivity contribution in [3.63, 3.8) is 0 Å². The first-order chi connectivity index (χ1) is 58.6. The van der Waals surface area contributed by atoms with E-state index in [0.29, 0.717) is 113 Å². The highest BCUT2D eigenvalue weighted by atomic mass is 16.5. The van der Waals surface area contributed by atoms with Crippen LogP contribution in [0.5, 0.6) is 5.75 Å². The second-order valence-corrected chi connectivity index (χ2v) is 46.7. The van der Waals surface area contributed by atoms with E-state index in [0.717, 1.165) is 179 Å². The summed E-state index contributed by atoms with van der Waals surface area (Å²) in [4.78, 5) is 56.5. The number of nitrogens with zero attached hydrogens (tertiary/aromatic N) is 6. The van der Waals surface area contributed by atoms with Crippen molar-refractivity contribution in [2.75, 3.05) is 40.6 Å². The Balaban J connectivity index is 0.000000118. The Morgan fingerprint density at radius 2 is 0.951 bits per heavy atom. The van der Waals surface area contributed by atoms with Gasteiger partial charge in [-0.2, -0.15) is 15.1 Å². The quantitative estimate of drug-likeness (QED) is 0.0515. The van der Waals surface area contributed by atoms with Gasteiger partial charge in [-0.1, -0.05) is 41.5 Å². The zero-order valence-electron chi connectivity index (χ0n) is 76.4. The summed E-state index contributed by atoms with van der Waals surface area (Å²) in [5.74, 6) is 14.9. The SMILES string of the molecule is COC[C@@]1(O)CC[C@@]2(C)[C@@H](CC[C@@H]3[C@@H]2CC[C@]2(C)[C@@H](C(=O)COc4ccc5ccc[n+]([O-])c5c4)CC[C@@H]32)C1.COC[C@@]1(O)CC[C@@]2(C)[C@@H](CC[C@@H]3[C@@H]2CC[C@]2(C)[C@@H](C(=O)Cn4ccnc4)CC[C@@H]32)C1.C[C@@]1(O)CC[C@@H]2C3CC[C@]4(C)C(C(=O)Cn5cc(C#N)cn5)CCC4C3CC[C@@H]2C1.C[C@@]1(O)CC[C@H]2[C@H](CC[C@@H]3[C@@H]2CC[C@]2(C)[C@@H](C(=O)CO)CC[C@@H]32)C1. The predicted octanol–water partition coefficient (Wildman–Crippen LogP) is 17.9. The minimum Gasteiger partial charge on any atom is -0.618 e. The van der Waals surface area contributed by atoms with Crippen molar-refractivity contribution in [3.05, 3.63) is 78.4 Å². The number of aromatic nitrogens is 5. The summed E-state index contributed by atoms with van der Waals surface area (Å²) in [6.45, 7) is 20.1. The number of hydrogen-bond acceptors (Lipinski definition) is 16. The average molecular weight is 1690 g/mol. The van der Waals surface area contributed by atoms with Gasteiger partial charge in [0.1, 0.15) is 25.0 Å². The van der Waals surface area contributed by atoms with Gasteiger partial charge in [-0.15, -0.1) is 0 Å². The van der Waals surface area contributed by atoms with Crippen molar-refractivity contribution in [1.29, 1.82) is 5.26 Å². The number of Topliss-reactive ketones (excluding diaryl/α,β-unsaturated/α-hetero) is 4. The molecule has 5 N–H and O–H groups in total. The molecule has 16 aliphatic rings. The van der Waals surface area contributed by atoms with Gasteiger partial charge in [-0.3, -0.25) is 23.9 Å². The fraction of sp³-hybridized carbons (Fsp3) is 0.808. The van der Waals surface area contributed by atoms with Crippen LogP contribution in [0.4, 0.5) is 0 Å². The summed E-state index contributed by atoms with van der Waals surface area (Å²) >= 11 is 0. The Morgan fingerprint density at radius 3 is 1.42 bits per heavy atom. The Morgan fingerprint density at radius 1 is 0.496 bits per heavy atom. The van der Waals surface area contributed by atoms with Crippen LogP contribution in [-0.2, 0) is 41.7 Å². The van der Waals surface area contributed by atoms with Crippen LogP contribution < -0.4 is 9.47 Å². The normalized spacial score (nSPS) is 45.7. The summed E-state index contributed by atoms with van der Waals surface area (Å²) in [6.07, 6.45) is 50.4. The molecule has 32 atom stereocenters. The number of carbonyl (C=O) groups is 4. The highest BCUT2D eigenvalue weighted by Crippen LogP contribution is 2.72. The number of carbonyl (C=O) groups excluding carboxylic acids is 4. The highest BCUT2D eigenvalue weighted by molar-refractivity contribution is 5.85. The third-order valence-corrected chi connectivity index (χ3v) is 40.7. The van der Waals surface area contributed by atoms with Gasteiger partial charge < -0.3 is 49.5 Å². The van der Waals surface area contributed by atoms with Crippen LogP contribution >= 0.6 is 0 Å². The number of ether oxygens (including phenoxy) is 3. The van der Waals surface area contributed by atoms with Crippen molar-refractivity contribution < 1.29 is 63.7 Å². The minimum absolute atomic E-state index is 0.0394. The molecular weight excluding hydrogens is 1540 g/mol. The van der Waals surface area contributed by atoms with Crippen LogP contribution in [0.1, 0.15) is 292 Å². The zero-order valence-corrected chi connectivity index (χ0v) is 76.4. The Hall–Kier alpha value is -5.46. The van der Waals surface area contributed by atoms with E-state index < -0.39 is 22.4 Å². The lowest BCUT2D eigenvalue weighted by molar-refractivity contribution is -0.577. The number of pyridine rings is 1. The molecule has 19 nitrogen and oxygen atoms in total. The van der Waals surface area contributed by atoms with Crippen molar-refractivity contribution in [1.82, 2.24) is 19.3 Å². The van der Waals surface area contributed by atoms with E-state index in [1.165, 1.54) is 128 Å². The summed E-state index contributed by atoms with van der Waals surface area (Å²) in [6, 6.07) is 11.2. The molecule has 16 aliphatic carbocycles. The van der Waals surface area contributed by atoms with Crippen molar-refractivity contribution in [3.8, 4) is 11.8 Å². The van der Waals surface area contributed by atoms with Crippen LogP contribution in [0.2, 0.25) is 0 Å². The first-order valence-corrected chi connectivity index (χ1v) is 49.3. The van der Waals surface area contributed by atoms with E-state index in [9.17, 15) is 49.9 Å². The number of benzene rings is 1. The molecule has 19 heteroatoms. The highest BCUT2D eigenvalue weighted by Gasteiger charge is 2.67. The van der Waals surface area contributed by atoms with E-state index in [1.807, 2.05) is 42.8 Å². The number of methoxy groups -OCH3 is 2. The molecule has 0 radical (unpaired) electrons. The van der Waals surface area contributed by atoms with Gasteiger partial charge in [-0.05, 0) is 402 Å². The molecule has 4 aromatic rings. The molecular formula is C104H152N6O13. The van der Waals surface area contributed by atoms with Gasteiger partial charge in [0, 0.05) is 67.9 Å². The molecule has 16 saturated carbocycles. The van der Waals surface area contributed by atoms with E-state index in [1.54, 1.807) is 49.8 Å². The van der Waals surface area contributed by atoms with Crippen LogP contribution in [0.15, 0.2) is 67.6 Å². The first-order valence-electron chi connectivity index (χ1n) is 49.3. The second kappa shape index (κ2) is 34.4. The lowest BCUT2D eigenvalue weighted by atomic mass is 9.44. The number of fused-ring (bicyclic) bond motifs is 21. The van der Waals surface area contributed by atoms with Crippen molar-refractivity contribution >= 4 is 34.0 Å². The smallest absolute Gasteiger partial charge is 0.227 e. The van der Waals surface area contributed by atoms with Crippen LogP contribution in [0.25, 0.3) is 10.9 Å². The van der Waals surface area contributed by atoms with Crippen molar-refractivity contribution in [2.24, 2.45) is 163 Å². The summed E-state index contributed by atoms with van der Waals surface area (Å²) in [7, 11) is 3.39. The number of aliphatic hydroxyl groups is 5. The third-order valence-electron chi connectivity index (χ3n) is 40.7. The monoisotopic (exact) mass is 1690 g/mol. The molecule has 20 rings (SSSR count). The molecule has 0 saturated heterocycles. The fourth-order valence-corrected chi connectivity index (χ4v) is 34.8. The molecule has 1 aromatic carbocycles. The number of nitriles is 1. The standard InChI is InChI=1S/C32H43NO5.C26H40N2O3.C25H35N3O2.C21H34O3/c1-30-14-15-32(35,20-37-3)18-22(30)7-9-24-25-10-11-27(31(25,2)13-12-26(24)30)29(34)19-38-23-8-6-21-5-4-16-33(36)28(21)17-23;1-24-10-11-26(30,16-31-3)14-18(24)4-5-19-20-6-7-22(25(20,2)9-8-21(19)24)23(29)15-28-13-12-27-17-28;1-24(30)9-7-18-17(11-24)3-4-20-19(18)8-10-25(2)21(20)5-6-22(25)23(29)15-28-14-16(12-26)13-27-28;1-20(24)9-7-14-13(11-20)3-4-16-15(14)8-10-21(2)17(16)5-6-18(21)19(23)12-22/h4-6,8,16-17,22,24-27,35H,7,9-15,18-20H2,1-3H3;12-13,17-22,30H,4-11,14-16H2,1-3H3;13-14,17-22,30H,3-11,15H2,1-2H3;13-18,22,24H,3-12H2,1-2H3/t22-,24-,25-,26-,27+,30-,31-,32+;18-,19-,20-,21-,22+,24-,25-,26+;17-,18+,19?,20?,21?,22?,24-,25+;13-,14+,15-,16-,17+,18-,20-,21+/m0011/s1. The molecule has 123 heavy (non-hydrogen) atoms. The Kier molecular flexibility index (Phi) is 25.1. The Labute approximate surface area is 733 Å². The zero-order chi connectivity index (χ0) is 86.8. The molecule has 4 unspecified atom stereocenters. The number of hydrogen-bond donors (Lipinski definition) is 5. The van der Waals surface area contributed by atoms with E-state index in [4.69, 9.17) is 19.5 Å². The van der Waals surface area contributed by atoms with Gasteiger partial charge in [0.05, 0.1) is 72.9 Å². The van der Waals surface area contributed by atoms with Crippen molar-refractivity contribution in [2.45, 2.75) is 322 Å². The Bertz CT molecular complexity index is 4500. The first kappa shape index (κ1) is 89.5. The number of ketones is 4. The summed E-state index contributed by atoms with van der Waals surface area (Å²) < 4.78 is 21.1. The molecule has 16 fully saturated rings. The van der Waals surface area contributed by atoms with E-state index >= 15 is 0 Å². The number of aliphatic hydroxyl groups excluding tert-OH is 1. The maximum absolute atomic E-state index is 13.6. The van der Waals surface area contributed by atoms with Gasteiger partial charge in [0.15, 0.2) is 29.3 Å². The molecule has 3 heterocycles. The summed E-state index contributed by atoms with van der Waals surface area (Å²) in [5.41, 5.74) is -0.0595. The maximum atomic E-state index is 13.6. The number of rotatable bonds is 16. The minimum atomic E-state index is -0.668. The van der Waals surface area contributed by atoms with Gasteiger partial charge >= 0.3 is 0 Å². The third kappa shape index (κ3) is 16.5. The molecule has 0 bridgehead atoms. The van der Waals surface area contributed by atoms with Crippen LogP contribution in [0.3, 0.4) is 0 Å². The average Bonchev–Trinajstić information content (AvgIpc) is 1.69. The van der Waals surface area contributed by atoms with Crippen LogP contribution in [-0.4, -0.2) is 131 Å². The van der Waals surface area contributed by atoms with E-state index in [2.05, 4.69) is 57.7 Å². The number of imidazole rings is 1. The van der Waals surface area contributed by atoms with E-state index in [-0.39, 0.29) is 75.5 Å². The lowest BCUT2D eigenvalue weighted by Crippen LogP contribution is -2.57. The molecule has 676 valence electrons. The molecule has 0 spiro atoms. The predicted molar refractivity (Wildman–Crippen MR) is 471 cm³/mol. The largest absolute Gasteiger partial charge is 0.618 e. The molecule has 0 amide bonds.